The Morgan fingerprint density at radius 2 is 2.00 bits per heavy atom. The summed E-state index contributed by atoms with van der Waals surface area (Å²) in [5.74, 6) is -0.267. The van der Waals surface area contributed by atoms with Gasteiger partial charge in [0.05, 0.1) is 0 Å². The predicted octanol–water partition coefficient (Wildman–Crippen LogP) is 1.32. The van der Waals surface area contributed by atoms with Crippen molar-refractivity contribution in [3.05, 3.63) is 35.6 Å². The number of benzene rings is 1. The standard InChI is InChI=1S/C9H9FNO/c1-11(7-12)6-8-2-4-9(10)5-3-8/h2-5H,6H2,1H3. The molecule has 0 saturated heterocycles. The van der Waals surface area contributed by atoms with Gasteiger partial charge in [0.1, 0.15) is 5.82 Å². The lowest BCUT2D eigenvalue weighted by Crippen LogP contribution is -2.14. The second kappa shape index (κ2) is 3.85. The average Bonchev–Trinajstić information content (AvgIpc) is 2.09. The molecule has 1 amide bonds. The fourth-order valence-corrected chi connectivity index (χ4v) is 0.896. The molecule has 0 fully saturated rings. The second-order valence-corrected chi connectivity index (χ2v) is 2.57. The molecule has 0 heterocycles. The van der Waals surface area contributed by atoms with E-state index in [1.807, 2.05) is 0 Å². The van der Waals surface area contributed by atoms with Crippen molar-refractivity contribution in [3.63, 3.8) is 0 Å². The smallest absolute Gasteiger partial charge is 0.312 e. The number of carbonyl (C=O) groups excluding carboxylic acids is 1. The highest BCUT2D eigenvalue weighted by Gasteiger charge is 1.97. The Hall–Kier alpha value is -1.38. The lowest BCUT2D eigenvalue weighted by atomic mass is 10.2. The molecule has 0 aliphatic heterocycles. The minimum absolute atomic E-state index is 0.267. The van der Waals surface area contributed by atoms with E-state index in [1.54, 1.807) is 25.6 Å². The normalized spacial score (nSPS) is 9.50. The van der Waals surface area contributed by atoms with Gasteiger partial charge in [0, 0.05) is 13.6 Å². The zero-order chi connectivity index (χ0) is 8.97. The van der Waals surface area contributed by atoms with Crippen molar-refractivity contribution in [2.24, 2.45) is 0 Å². The fourth-order valence-electron chi connectivity index (χ4n) is 0.896. The van der Waals surface area contributed by atoms with Crippen LogP contribution in [0.4, 0.5) is 4.39 Å². The van der Waals surface area contributed by atoms with Crippen molar-refractivity contribution in [3.8, 4) is 0 Å². The molecule has 0 saturated carbocycles. The van der Waals surface area contributed by atoms with Gasteiger partial charge in [-0.05, 0) is 17.7 Å². The van der Waals surface area contributed by atoms with Crippen molar-refractivity contribution >= 4 is 6.41 Å². The Morgan fingerprint density at radius 3 is 2.50 bits per heavy atom. The maximum absolute atomic E-state index is 12.4. The molecule has 0 aliphatic rings. The first-order valence-electron chi connectivity index (χ1n) is 3.56. The largest absolute Gasteiger partial charge is 0.333 e. The topological polar surface area (TPSA) is 20.3 Å². The first-order chi connectivity index (χ1) is 5.72. The van der Waals surface area contributed by atoms with E-state index in [0.717, 1.165) is 5.56 Å². The summed E-state index contributed by atoms with van der Waals surface area (Å²) in [6.45, 7) is 0.462. The van der Waals surface area contributed by atoms with E-state index in [9.17, 15) is 9.18 Å². The summed E-state index contributed by atoms with van der Waals surface area (Å²) in [5, 5.41) is 0. The molecule has 0 spiro atoms. The Kier molecular flexibility index (Phi) is 2.80. The molecule has 2 nitrogen and oxygen atoms in total. The average molecular weight is 166 g/mol. The number of hydrogen-bond donors (Lipinski definition) is 0. The number of amides is 1. The van der Waals surface area contributed by atoms with Crippen molar-refractivity contribution in [1.29, 1.82) is 0 Å². The molecule has 1 aromatic rings. The van der Waals surface area contributed by atoms with Crippen LogP contribution in [-0.4, -0.2) is 18.4 Å². The zero-order valence-corrected chi connectivity index (χ0v) is 6.75. The Morgan fingerprint density at radius 1 is 1.42 bits per heavy atom. The molecule has 1 aromatic carbocycles. The predicted molar refractivity (Wildman–Crippen MR) is 43.6 cm³/mol. The van der Waals surface area contributed by atoms with E-state index in [0.29, 0.717) is 6.54 Å². The number of halogens is 1. The van der Waals surface area contributed by atoms with Crippen LogP contribution in [0, 0.1) is 5.82 Å². The van der Waals surface area contributed by atoms with Gasteiger partial charge >= 0.3 is 6.41 Å². The minimum atomic E-state index is -0.267. The highest BCUT2D eigenvalue weighted by atomic mass is 19.1. The second-order valence-electron chi connectivity index (χ2n) is 2.57. The first-order valence-corrected chi connectivity index (χ1v) is 3.56. The molecule has 1 radical (unpaired) electrons. The van der Waals surface area contributed by atoms with Crippen molar-refractivity contribution in [1.82, 2.24) is 4.90 Å². The summed E-state index contributed by atoms with van der Waals surface area (Å²) < 4.78 is 12.4. The third kappa shape index (κ3) is 2.34. The first kappa shape index (κ1) is 8.71. The highest BCUT2D eigenvalue weighted by molar-refractivity contribution is 5.47. The molecule has 63 valence electrons. The van der Waals surface area contributed by atoms with Gasteiger partial charge in [0.25, 0.3) is 0 Å². The maximum atomic E-state index is 12.4. The van der Waals surface area contributed by atoms with Crippen LogP contribution < -0.4 is 0 Å². The zero-order valence-electron chi connectivity index (χ0n) is 6.75. The Bertz CT molecular complexity index is 258. The van der Waals surface area contributed by atoms with E-state index in [-0.39, 0.29) is 5.82 Å². The van der Waals surface area contributed by atoms with Gasteiger partial charge in [-0.3, -0.25) is 4.79 Å². The van der Waals surface area contributed by atoms with Gasteiger partial charge < -0.3 is 4.90 Å². The van der Waals surface area contributed by atoms with Crippen LogP contribution in [0.25, 0.3) is 0 Å². The van der Waals surface area contributed by atoms with Gasteiger partial charge in [-0.1, -0.05) is 12.1 Å². The Labute approximate surface area is 70.6 Å². The van der Waals surface area contributed by atoms with Crippen LogP contribution in [0.3, 0.4) is 0 Å². The summed E-state index contributed by atoms with van der Waals surface area (Å²) in [5.41, 5.74) is 0.891. The SMILES string of the molecule is CN([C]=O)Cc1ccc(F)cc1. The fraction of sp³-hybridized carbons (Fsp3) is 0.222. The molecule has 0 unspecified atom stereocenters. The van der Waals surface area contributed by atoms with Crippen LogP contribution in [0.15, 0.2) is 24.3 Å². The quantitative estimate of drug-likeness (QED) is 0.620. The summed E-state index contributed by atoms with van der Waals surface area (Å²) in [7, 11) is 1.62. The van der Waals surface area contributed by atoms with Crippen LogP contribution >= 0.6 is 0 Å². The molecule has 1 rings (SSSR count). The van der Waals surface area contributed by atoms with Crippen molar-refractivity contribution in [2.45, 2.75) is 6.54 Å². The third-order valence-electron chi connectivity index (χ3n) is 1.49. The van der Waals surface area contributed by atoms with E-state index in [1.165, 1.54) is 17.0 Å². The van der Waals surface area contributed by atoms with E-state index < -0.39 is 0 Å². The monoisotopic (exact) mass is 166 g/mol. The Balaban J connectivity index is 2.64. The molecular weight excluding hydrogens is 157 g/mol. The van der Waals surface area contributed by atoms with Gasteiger partial charge in [-0.15, -0.1) is 0 Å². The lowest BCUT2D eigenvalue weighted by molar-refractivity contribution is 0.430. The van der Waals surface area contributed by atoms with Crippen molar-refractivity contribution in [2.75, 3.05) is 7.05 Å². The summed E-state index contributed by atoms with van der Waals surface area (Å²) >= 11 is 0. The van der Waals surface area contributed by atoms with Crippen LogP contribution in [0.1, 0.15) is 5.56 Å². The van der Waals surface area contributed by atoms with E-state index in [4.69, 9.17) is 0 Å². The molecular formula is C9H9FNO. The number of nitrogens with zero attached hydrogens (tertiary/aromatic N) is 1. The number of rotatable bonds is 3. The van der Waals surface area contributed by atoms with Gasteiger partial charge in [-0.2, -0.15) is 0 Å². The third-order valence-corrected chi connectivity index (χ3v) is 1.49. The van der Waals surface area contributed by atoms with E-state index >= 15 is 0 Å². The van der Waals surface area contributed by atoms with Gasteiger partial charge in [0.15, 0.2) is 0 Å². The van der Waals surface area contributed by atoms with Gasteiger partial charge in [0.2, 0.25) is 0 Å². The lowest BCUT2D eigenvalue weighted by Gasteiger charge is -2.08. The van der Waals surface area contributed by atoms with E-state index in [2.05, 4.69) is 0 Å². The van der Waals surface area contributed by atoms with Gasteiger partial charge in [-0.25, -0.2) is 4.39 Å². The molecule has 0 N–H and O–H groups in total. The summed E-state index contributed by atoms with van der Waals surface area (Å²) in [6, 6.07) is 6.02. The molecule has 0 bridgehead atoms. The summed E-state index contributed by atoms with van der Waals surface area (Å²) in [6.07, 6.45) is 1.72. The van der Waals surface area contributed by atoms with Crippen LogP contribution in [-0.2, 0) is 11.3 Å². The van der Waals surface area contributed by atoms with Crippen LogP contribution in [0.2, 0.25) is 0 Å². The van der Waals surface area contributed by atoms with Crippen molar-refractivity contribution < 1.29 is 9.18 Å². The molecule has 3 heteroatoms. The molecule has 0 aromatic heterocycles. The molecule has 0 aliphatic carbocycles. The number of hydrogen-bond acceptors (Lipinski definition) is 1. The molecule has 12 heavy (non-hydrogen) atoms. The molecule has 0 atom stereocenters. The maximum Gasteiger partial charge on any atom is 0.312 e. The highest BCUT2D eigenvalue weighted by Crippen LogP contribution is 2.03. The van der Waals surface area contributed by atoms with Crippen LogP contribution in [0.5, 0.6) is 0 Å². The summed E-state index contributed by atoms with van der Waals surface area (Å²) in [4.78, 5) is 11.5. The minimum Gasteiger partial charge on any atom is -0.333 e.